The SMILES string of the molecule is CNCCN(C)Cc1cn2ccccc2n1. The van der Waals surface area contributed by atoms with Gasteiger partial charge in [0.15, 0.2) is 0 Å². The lowest BCUT2D eigenvalue weighted by Crippen LogP contribution is -2.27. The molecule has 0 radical (unpaired) electrons. The van der Waals surface area contributed by atoms with Crippen LogP contribution in [0.25, 0.3) is 5.65 Å². The van der Waals surface area contributed by atoms with Gasteiger partial charge in [0.2, 0.25) is 0 Å². The summed E-state index contributed by atoms with van der Waals surface area (Å²) in [6.45, 7) is 2.93. The highest BCUT2D eigenvalue weighted by molar-refractivity contribution is 5.39. The molecule has 2 rings (SSSR count). The molecule has 0 fully saturated rings. The van der Waals surface area contributed by atoms with Gasteiger partial charge >= 0.3 is 0 Å². The van der Waals surface area contributed by atoms with Crippen molar-refractivity contribution in [2.24, 2.45) is 0 Å². The zero-order valence-electron chi connectivity index (χ0n) is 9.85. The predicted molar refractivity (Wildman–Crippen MR) is 65.5 cm³/mol. The largest absolute Gasteiger partial charge is 0.318 e. The Hall–Kier alpha value is -1.39. The summed E-state index contributed by atoms with van der Waals surface area (Å²) in [6.07, 6.45) is 4.12. The number of likely N-dealkylation sites (N-methyl/N-ethyl adjacent to an activating group) is 2. The Bertz CT molecular complexity index is 416. The minimum Gasteiger partial charge on any atom is -0.318 e. The highest BCUT2D eigenvalue weighted by atomic mass is 15.1. The van der Waals surface area contributed by atoms with Crippen molar-refractivity contribution in [3.63, 3.8) is 0 Å². The maximum absolute atomic E-state index is 4.56. The van der Waals surface area contributed by atoms with E-state index in [0.29, 0.717) is 0 Å². The van der Waals surface area contributed by atoms with Crippen LogP contribution in [0.2, 0.25) is 0 Å². The lowest BCUT2D eigenvalue weighted by molar-refractivity contribution is 0.325. The molecule has 0 aliphatic heterocycles. The molecule has 0 amide bonds. The molecule has 0 unspecified atom stereocenters. The molecule has 0 saturated heterocycles. The number of hydrogen-bond donors (Lipinski definition) is 1. The molecule has 0 aromatic carbocycles. The van der Waals surface area contributed by atoms with E-state index < -0.39 is 0 Å². The van der Waals surface area contributed by atoms with Crippen LogP contribution in [0, 0.1) is 0 Å². The van der Waals surface area contributed by atoms with Gasteiger partial charge < -0.3 is 9.72 Å². The lowest BCUT2D eigenvalue weighted by atomic mass is 10.4. The third-order valence-corrected chi connectivity index (χ3v) is 2.59. The second-order valence-electron chi connectivity index (χ2n) is 4.04. The quantitative estimate of drug-likeness (QED) is 0.812. The second kappa shape index (κ2) is 5.09. The standard InChI is InChI=1S/C12H18N4/c1-13-6-8-15(2)9-11-10-16-7-4-3-5-12(16)14-11/h3-5,7,10,13H,6,8-9H2,1-2H3. The van der Waals surface area contributed by atoms with Crippen molar-refractivity contribution >= 4 is 5.65 Å². The summed E-state index contributed by atoms with van der Waals surface area (Å²) in [7, 11) is 4.08. The highest BCUT2D eigenvalue weighted by Crippen LogP contribution is 2.06. The highest BCUT2D eigenvalue weighted by Gasteiger charge is 2.03. The van der Waals surface area contributed by atoms with Gasteiger partial charge in [-0.3, -0.25) is 4.90 Å². The molecule has 4 heteroatoms. The van der Waals surface area contributed by atoms with Crippen LogP contribution in [0.3, 0.4) is 0 Å². The Morgan fingerprint density at radius 3 is 3.06 bits per heavy atom. The van der Waals surface area contributed by atoms with Crippen molar-refractivity contribution in [1.82, 2.24) is 19.6 Å². The average molecular weight is 218 g/mol. The maximum Gasteiger partial charge on any atom is 0.137 e. The lowest BCUT2D eigenvalue weighted by Gasteiger charge is -2.14. The van der Waals surface area contributed by atoms with Crippen LogP contribution in [-0.4, -0.2) is 41.5 Å². The first-order valence-corrected chi connectivity index (χ1v) is 5.55. The van der Waals surface area contributed by atoms with E-state index in [1.165, 1.54) is 0 Å². The fourth-order valence-electron chi connectivity index (χ4n) is 1.72. The van der Waals surface area contributed by atoms with Crippen LogP contribution in [0.5, 0.6) is 0 Å². The molecule has 16 heavy (non-hydrogen) atoms. The van der Waals surface area contributed by atoms with Gasteiger partial charge in [-0.1, -0.05) is 6.07 Å². The molecule has 2 aromatic heterocycles. The fraction of sp³-hybridized carbons (Fsp3) is 0.417. The maximum atomic E-state index is 4.56. The van der Waals surface area contributed by atoms with Gasteiger partial charge in [-0.25, -0.2) is 4.98 Å². The molecule has 0 bridgehead atoms. The number of aromatic nitrogens is 2. The van der Waals surface area contributed by atoms with Crippen molar-refractivity contribution in [2.75, 3.05) is 27.2 Å². The summed E-state index contributed by atoms with van der Waals surface area (Å²) >= 11 is 0. The van der Waals surface area contributed by atoms with Crippen molar-refractivity contribution in [3.8, 4) is 0 Å². The Balaban J connectivity index is 2.03. The molecule has 1 N–H and O–H groups in total. The van der Waals surface area contributed by atoms with Crippen LogP contribution in [0.15, 0.2) is 30.6 Å². The van der Waals surface area contributed by atoms with Gasteiger partial charge in [0.05, 0.1) is 5.69 Å². The molecule has 4 nitrogen and oxygen atoms in total. The van der Waals surface area contributed by atoms with E-state index in [1.54, 1.807) is 0 Å². The number of hydrogen-bond acceptors (Lipinski definition) is 3. The molecule has 2 heterocycles. The predicted octanol–water partition coefficient (Wildman–Crippen LogP) is 0.985. The van der Waals surface area contributed by atoms with E-state index in [9.17, 15) is 0 Å². The summed E-state index contributed by atoms with van der Waals surface area (Å²) in [6, 6.07) is 6.05. The van der Waals surface area contributed by atoms with Gasteiger partial charge in [0, 0.05) is 32.0 Å². The summed E-state index contributed by atoms with van der Waals surface area (Å²) in [4.78, 5) is 6.82. The number of pyridine rings is 1. The zero-order chi connectivity index (χ0) is 11.4. The number of imidazole rings is 1. The van der Waals surface area contributed by atoms with Gasteiger partial charge in [-0.15, -0.1) is 0 Å². The number of nitrogens with zero attached hydrogens (tertiary/aromatic N) is 3. The minimum atomic E-state index is 0.892. The van der Waals surface area contributed by atoms with Gasteiger partial charge in [-0.05, 0) is 26.2 Å². The van der Waals surface area contributed by atoms with E-state index in [1.807, 2.05) is 31.4 Å². The van der Waals surface area contributed by atoms with E-state index in [-0.39, 0.29) is 0 Å². The molecule has 2 aromatic rings. The monoisotopic (exact) mass is 218 g/mol. The summed E-state index contributed by atoms with van der Waals surface area (Å²) in [5, 5.41) is 3.14. The van der Waals surface area contributed by atoms with Gasteiger partial charge in [-0.2, -0.15) is 0 Å². The minimum absolute atomic E-state index is 0.892. The van der Waals surface area contributed by atoms with E-state index in [4.69, 9.17) is 0 Å². The van der Waals surface area contributed by atoms with Crippen molar-refractivity contribution in [1.29, 1.82) is 0 Å². The molecular formula is C12H18N4. The van der Waals surface area contributed by atoms with Crippen LogP contribution in [0.1, 0.15) is 5.69 Å². The van der Waals surface area contributed by atoms with Crippen LogP contribution >= 0.6 is 0 Å². The van der Waals surface area contributed by atoms with E-state index in [2.05, 4.69) is 32.8 Å². The van der Waals surface area contributed by atoms with Crippen LogP contribution < -0.4 is 5.32 Å². The number of rotatable bonds is 5. The first kappa shape index (κ1) is 11.1. The first-order chi connectivity index (χ1) is 7.79. The van der Waals surface area contributed by atoms with E-state index >= 15 is 0 Å². The molecule has 0 saturated carbocycles. The Morgan fingerprint density at radius 1 is 1.44 bits per heavy atom. The molecule has 0 atom stereocenters. The van der Waals surface area contributed by atoms with Crippen molar-refractivity contribution in [3.05, 3.63) is 36.3 Å². The van der Waals surface area contributed by atoms with Gasteiger partial charge in [0.1, 0.15) is 5.65 Å². The second-order valence-corrected chi connectivity index (χ2v) is 4.04. The molecule has 86 valence electrons. The summed E-state index contributed by atoms with van der Waals surface area (Å²) in [5.74, 6) is 0. The Morgan fingerprint density at radius 2 is 2.31 bits per heavy atom. The van der Waals surface area contributed by atoms with Crippen LogP contribution in [0.4, 0.5) is 0 Å². The van der Waals surface area contributed by atoms with Gasteiger partial charge in [0.25, 0.3) is 0 Å². The average Bonchev–Trinajstić information content (AvgIpc) is 2.68. The van der Waals surface area contributed by atoms with Crippen molar-refractivity contribution in [2.45, 2.75) is 6.54 Å². The Kier molecular flexibility index (Phi) is 3.54. The molecule has 0 aliphatic rings. The third kappa shape index (κ3) is 2.59. The smallest absolute Gasteiger partial charge is 0.137 e. The third-order valence-electron chi connectivity index (χ3n) is 2.59. The fourth-order valence-corrected chi connectivity index (χ4v) is 1.72. The zero-order valence-corrected chi connectivity index (χ0v) is 9.85. The number of fused-ring (bicyclic) bond motifs is 1. The van der Waals surface area contributed by atoms with Crippen molar-refractivity contribution < 1.29 is 0 Å². The summed E-state index contributed by atoms with van der Waals surface area (Å²) < 4.78 is 2.06. The normalized spacial score (nSPS) is 11.4. The number of nitrogens with one attached hydrogen (secondary N) is 1. The first-order valence-electron chi connectivity index (χ1n) is 5.55. The topological polar surface area (TPSA) is 32.6 Å². The molecular weight excluding hydrogens is 200 g/mol. The summed E-state index contributed by atoms with van der Waals surface area (Å²) in [5.41, 5.74) is 2.13. The molecule has 0 aliphatic carbocycles. The Labute approximate surface area is 95.9 Å². The van der Waals surface area contributed by atoms with E-state index in [0.717, 1.165) is 31.0 Å². The molecule has 0 spiro atoms. The van der Waals surface area contributed by atoms with Crippen LogP contribution in [-0.2, 0) is 6.54 Å².